The highest BCUT2D eigenvalue weighted by Crippen LogP contribution is 2.35. The number of aryl methyl sites for hydroxylation is 2. The van der Waals surface area contributed by atoms with E-state index in [0.29, 0.717) is 0 Å². The Hall–Kier alpha value is -2.82. The molecule has 0 bridgehead atoms. The van der Waals surface area contributed by atoms with Crippen LogP contribution < -0.4 is 21.2 Å². The van der Waals surface area contributed by atoms with E-state index in [2.05, 4.69) is 141 Å². The lowest BCUT2D eigenvalue weighted by Crippen LogP contribution is -3.61. The van der Waals surface area contributed by atoms with E-state index < -0.39 is 0 Å². The molecule has 5 rings (SSSR count). The second-order valence-electron chi connectivity index (χ2n) is 8.67. The number of hydrogen-bond acceptors (Lipinski definition) is 0. The Balaban J connectivity index is 1.37. The van der Waals surface area contributed by atoms with Gasteiger partial charge < -0.3 is 0 Å². The van der Waals surface area contributed by atoms with E-state index in [9.17, 15) is 0 Å². The maximum Gasteiger partial charge on any atom is 0.357 e. The van der Waals surface area contributed by atoms with Gasteiger partial charge in [0.15, 0.2) is 21.8 Å². The lowest BCUT2D eigenvalue weighted by molar-refractivity contribution is -0.597. The van der Waals surface area contributed by atoms with Gasteiger partial charge in [-0.05, 0) is 79.9 Å². The predicted octanol–water partition coefficient (Wildman–Crippen LogP) is 5.12. The molecule has 0 atom stereocenters. The van der Waals surface area contributed by atoms with E-state index in [4.69, 9.17) is 0 Å². The lowest BCUT2D eigenvalue weighted by Gasteiger charge is -2.12. The van der Waals surface area contributed by atoms with Crippen LogP contribution in [0.1, 0.15) is 22.3 Å². The first-order chi connectivity index (χ1) is 17.2. The Kier molecular flexibility index (Phi) is 7.70. The van der Waals surface area contributed by atoms with Gasteiger partial charge >= 0.3 is 21.2 Å². The molecule has 0 amide bonds. The quantitative estimate of drug-likeness (QED) is 0.184. The van der Waals surface area contributed by atoms with Crippen LogP contribution in [0.4, 0.5) is 0 Å². The highest BCUT2D eigenvalue weighted by atomic mass is 127. The number of benzene rings is 5. The largest absolute Gasteiger partial charge is 0.357 e. The first-order valence-electron chi connectivity index (χ1n) is 11.9. The highest BCUT2D eigenvalue weighted by molar-refractivity contribution is 7.97. The third kappa shape index (κ3) is 5.88. The lowest BCUT2D eigenvalue weighted by atomic mass is 10.1. The summed E-state index contributed by atoms with van der Waals surface area (Å²) in [5, 5.41) is 0. The predicted molar refractivity (Wildman–Crippen MR) is 144 cm³/mol. The molecule has 5 aromatic carbocycles. The second kappa shape index (κ2) is 11.3. The van der Waals surface area contributed by atoms with Gasteiger partial charge in [0.1, 0.15) is 0 Å². The zero-order chi connectivity index (χ0) is 24.0. The molecule has 0 spiro atoms. The third-order valence-corrected chi connectivity index (χ3v) is 11.3. The molecule has 0 aliphatic rings. The van der Waals surface area contributed by atoms with Crippen molar-refractivity contribution in [3.8, 4) is 0 Å². The number of hydrogen-bond donors (Lipinski definition) is 0. The average Bonchev–Trinajstić information content (AvgIpc) is 2.89. The van der Waals surface area contributed by atoms with E-state index in [1.807, 2.05) is 0 Å². The van der Waals surface area contributed by atoms with Crippen LogP contribution in [0.15, 0.2) is 142 Å². The summed E-state index contributed by atoms with van der Waals surface area (Å²) in [4.78, 5) is 4.19. The summed E-state index contributed by atoms with van der Waals surface area (Å²) < 4.78 is 2.93. The van der Waals surface area contributed by atoms with Gasteiger partial charge in [0.25, 0.3) is 0 Å². The van der Waals surface area contributed by atoms with Crippen LogP contribution >= 0.6 is 0 Å². The third-order valence-electron chi connectivity index (χ3n) is 6.06. The SMILES string of the molecule is Cc1ccccc1[S+](c1ccc(Cc2ccc([I+]c3ccccc3)cc2)cc1)c1ccccc1C. The summed E-state index contributed by atoms with van der Waals surface area (Å²) in [6, 6.07) is 47.0. The van der Waals surface area contributed by atoms with Crippen LogP contribution in [0.25, 0.3) is 0 Å². The van der Waals surface area contributed by atoms with Crippen molar-refractivity contribution in [3.63, 3.8) is 0 Å². The van der Waals surface area contributed by atoms with Crippen molar-refractivity contribution in [2.24, 2.45) is 0 Å². The summed E-state index contributed by atoms with van der Waals surface area (Å²) in [6.45, 7) is 4.46. The van der Waals surface area contributed by atoms with Crippen molar-refractivity contribution in [3.05, 3.63) is 157 Å². The molecular formula is C33H29IS+2. The summed E-state index contributed by atoms with van der Waals surface area (Å²) in [5.74, 6) is 0. The molecule has 2 heteroatoms. The summed E-state index contributed by atoms with van der Waals surface area (Å²) in [7, 11) is -0.112. The Morgan fingerprint density at radius 3 is 1.49 bits per heavy atom. The maximum absolute atomic E-state index is 2.34. The zero-order valence-electron chi connectivity index (χ0n) is 20.1. The standard InChI is InChI=1S/C33H29IS/c1-25-10-6-8-14-32(25)35(33-15-9-7-11-26(33)2)31-22-18-28(19-23-31)24-27-16-20-30(21-17-27)34-29-12-4-3-5-13-29/h3-23H,24H2,1-2H3/q+2. The topological polar surface area (TPSA) is 0 Å². The van der Waals surface area contributed by atoms with E-state index in [1.54, 1.807) is 0 Å². The summed E-state index contributed by atoms with van der Waals surface area (Å²) in [6.07, 6.45) is 0.965. The van der Waals surface area contributed by atoms with Crippen LogP contribution in [0.2, 0.25) is 0 Å². The fourth-order valence-electron chi connectivity index (χ4n) is 4.19. The van der Waals surface area contributed by atoms with Crippen molar-refractivity contribution in [2.45, 2.75) is 35.0 Å². The maximum atomic E-state index is 2.34. The Morgan fingerprint density at radius 2 is 0.943 bits per heavy atom. The minimum atomic E-state index is -0.112. The van der Waals surface area contributed by atoms with Crippen LogP contribution in [-0.4, -0.2) is 0 Å². The minimum Gasteiger partial charge on any atom is -0.0619 e. The fourth-order valence-corrected chi connectivity index (χ4v) is 8.77. The molecule has 0 N–H and O–H groups in total. The first-order valence-corrected chi connectivity index (χ1v) is 15.3. The minimum absolute atomic E-state index is 0.106. The molecule has 0 aliphatic heterocycles. The van der Waals surface area contributed by atoms with Crippen molar-refractivity contribution in [1.82, 2.24) is 0 Å². The van der Waals surface area contributed by atoms with Crippen LogP contribution in [0, 0.1) is 21.0 Å². The van der Waals surface area contributed by atoms with Crippen molar-refractivity contribution < 1.29 is 21.2 Å². The van der Waals surface area contributed by atoms with Crippen LogP contribution in [-0.2, 0) is 17.3 Å². The van der Waals surface area contributed by atoms with Gasteiger partial charge in [0.2, 0.25) is 0 Å². The van der Waals surface area contributed by atoms with E-state index in [0.717, 1.165) is 6.42 Å². The first kappa shape index (κ1) is 23.9. The molecule has 0 nitrogen and oxygen atoms in total. The van der Waals surface area contributed by atoms with Gasteiger partial charge in [0.05, 0.1) is 10.9 Å². The zero-order valence-corrected chi connectivity index (χ0v) is 23.1. The molecule has 0 heterocycles. The Morgan fingerprint density at radius 1 is 0.486 bits per heavy atom. The molecule has 0 unspecified atom stereocenters. The van der Waals surface area contributed by atoms with Crippen LogP contribution in [0.5, 0.6) is 0 Å². The molecule has 0 aliphatic carbocycles. The van der Waals surface area contributed by atoms with Gasteiger partial charge in [-0.3, -0.25) is 0 Å². The Labute approximate surface area is 222 Å². The van der Waals surface area contributed by atoms with Gasteiger partial charge in [0, 0.05) is 11.1 Å². The number of rotatable bonds is 7. The fraction of sp³-hybridized carbons (Fsp3) is 0.0909. The van der Waals surface area contributed by atoms with Crippen molar-refractivity contribution in [1.29, 1.82) is 0 Å². The van der Waals surface area contributed by atoms with Gasteiger partial charge in [-0.2, -0.15) is 0 Å². The van der Waals surface area contributed by atoms with Gasteiger partial charge in [-0.25, -0.2) is 0 Å². The smallest absolute Gasteiger partial charge is 0.0619 e. The van der Waals surface area contributed by atoms with Gasteiger partial charge in [-0.1, -0.05) is 78.9 Å². The molecule has 0 aromatic heterocycles. The summed E-state index contributed by atoms with van der Waals surface area (Å²) >= 11 is -0.106. The molecule has 0 saturated carbocycles. The normalized spacial score (nSPS) is 11.1. The molecule has 5 aromatic rings. The van der Waals surface area contributed by atoms with Crippen molar-refractivity contribution >= 4 is 10.9 Å². The molecule has 35 heavy (non-hydrogen) atoms. The van der Waals surface area contributed by atoms with Crippen LogP contribution in [0.3, 0.4) is 0 Å². The number of halogens is 1. The Bertz CT molecular complexity index is 1340. The van der Waals surface area contributed by atoms with Gasteiger partial charge in [-0.15, -0.1) is 0 Å². The molecule has 0 fully saturated rings. The monoisotopic (exact) mass is 584 g/mol. The second-order valence-corrected chi connectivity index (χ2v) is 13.7. The van der Waals surface area contributed by atoms with Crippen molar-refractivity contribution in [2.75, 3.05) is 0 Å². The molecular weight excluding hydrogens is 555 g/mol. The molecule has 172 valence electrons. The molecule has 0 radical (unpaired) electrons. The van der Waals surface area contributed by atoms with E-state index in [-0.39, 0.29) is 32.1 Å². The highest BCUT2D eigenvalue weighted by Gasteiger charge is 2.31. The van der Waals surface area contributed by atoms with E-state index in [1.165, 1.54) is 44.1 Å². The summed E-state index contributed by atoms with van der Waals surface area (Å²) in [5.41, 5.74) is 5.43. The molecule has 0 saturated heterocycles. The van der Waals surface area contributed by atoms with E-state index >= 15 is 0 Å². The average molecular weight is 585 g/mol.